The molecule has 4 heterocycles. The molecule has 1 unspecified atom stereocenters. The number of piperazine rings is 1. The van der Waals surface area contributed by atoms with Gasteiger partial charge in [-0.2, -0.15) is 0 Å². The van der Waals surface area contributed by atoms with Crippen LogP contribution in [0, 0.1) is 6.92 Å². The number of amides is 4. The summed E-state index contributed by atoms with van der Waals surface area (Å²) in [7, 11) is 1.75. The van der Waals surface area contributed by atoms with Crippen LogP contribution in [0.15, 0.2) is 42.6 Å². The highest BCUT2D eigenvalue weighted by atomic mass is 32.1. The van der Waals surface area contributed by atoms with Gasteiger partial charge in [0.25, 0.3) is 5.91 Å². The zero-order valence-electron chi connectivity index (χ0n) is 28.7. The number of benzene rings is 1. The Kier molecular flexibility index (Phi) is 11.0. The number of ether oxygens (including phenoxy) is 1. The van der Waals surface area contributed by atoms with Crippen molar-refractivity contribution >= 4 is 45.4 Å². The lowest BCUT2D eigenvalue weighted by Gasteiger charge is -2.44. The Bertz CT molecular complexity index is 1510. The van der Waals surface area contributed by atoms with Crippen LogP contribution in [-0.4, -0.2) is 90.7 Å². The van der Waals surface area contributed by atoms with E-state index in [0.717, 1.165) is 47.9 Å². The number of hydrogen-bond acceptors (Lipinski definition) is 7. The molecule has 3 aliphatic rings. The molecule has 10 nitrogen and oxygen atoms in total. The third-order valence-corrected chi connectivity index (χ3v) is 9.97. The van der Waals surface area contributed by atoms with Crippen LogP contribution in [0.3, 0.4) is 0 Å². The van der Waals surface area contributed by atoms with Gasteiger partial charge < -0.3 is 25.2 Å². The van der Waals surface area contributed by atoms with Crippen molar-refractivity contribution in [3.8, 4) is 0 Å². The molecule has 11 heteroatoms. The summed E-state index contributed by atoms with van der Waals surface area (Å²) in [4.78, 5) is 46.7. The fourth-order valence-corrected chi connectivity index (χ4v) is 6.83. The van der Waals surface area contributed by atoms with Crippen LogP contribution in [0.25, 0.3) is 5.57 Å². The lowest BCUT2D eigenvalue weighted by atomic mass is 9.93. The SMILES string of the molecule is CC.Cc1ccc(NC(=O)Nc2sc(C(C)(C)C)cc2C(=O)N2CCN(C)C(=O)C2(C)C)cc1C1=CNC(N2CCOCC2)C=C1.[HH].[HH]. The molecule has 0 spiro atoms. The Labute approximate surface area is 280 Å². The van der Waals surface area contributed by atoms with E-state index in [-0.39, 0.29) is 26.2 Å². The van der Waals surface area contributed by atoms with E-state index in [4.69, 9.17) is 4.74 Å². The number of rotatable bonds is 5. The van der Waals surface area contributed by atoms with Crippen LogP contribution in [0.1, 0.15) is 77.7 Å². The molecule has 254 valence electrons. The Hall–Kier alpha value is -3.67. The van der Waals surface area contributed by atoms with Crippen molar-refractivity contribution in [2.75, 3.05) is 57.1 Å². The lowest BCUT2D eigenvalue weighted by Crippen LogP contribution is -2.63. The molecule has 0 aliphatic carbocycles. The quantitative estimate of drug-likeness (QED) is 0.346. The van der Waals surface area contributed by atoms with Crippen molar-refractivity contribution in [2.24, 2.45) is 0 Å². The van der Waals surface area contributed by atoms with E-state index < -0.39 is 11.6 Å². The van der Waals surface area contributed by atoms with Gasteiger partial charge >= 0.3 is 6.03 Å². The second-order valence-electron chi connectivity index (χ2n) is 13.2. The van der Waals surface area contributed by atoms with Crippen LogP contribution < -0.4 is 16.0 Å². The van der Waals surface area contributed by atoms with Gasteiger partial charge in [-0.1, -0.05) is 46.8 Å². The number of nitrogens with one attached hydrogen (secondary N) is 3. The van der Waals surface area contributed by atoms with Crippen molar-refractivity contribution in [3.63, 3.8) is 0 Å². The molecule has 1 aromatic carbocycles. The van der Waals surface area contributed by atoms with Crippen LogP contribution in [0.5, 0.6) is 0 Å². The third kappa shape index (κ3) is 7.65. The van der Waals surface area contributed by atoms with Gasteiger partial charge in [0, 0.05) is 52.8 Å². The van der Waals surface area contributed by atoms with E-state index >= 15 is 0 Å². The number of aryl methyl sites for hydroxylation is 1. The third-order valence-electron chi connectivity index (χ3n) is 8.49. The molecule has 1 atom stereocenters. The number of urea groups is 1. The molecule has 3 aliphatic heterocycles. The zero-order valence-corrected chi connectivity index (χ0v) is 29.6. The van der Waals surface area contributed by atoms with Gasteiger partial charge in [-0.3, -0.25) is 19.8 Å². The average Bonchev–Trinajstić information content (AvgIpc) is 3.46. The molecule has 3 N–H and O–H groups in total. The smallest absolute Gasteiger partial charge is 0.324 e. The van der Waals surface area contributed by atoms with E-state index in [0.29, 0.717) is 29.3 Å². The van der Waals surface area contributed by atoms with Gasteiger partial charge in [-0.05, 0) is 67.2 Å². The largest absolute Gasteiger partial charge is 0.379 e. The Balaban J connectivity index is 0.00000196. The highest BCUT2D eigenvalue weighted by Crippen LogP contribution is 2.38. The van der Waals surface area contributed by atoms with Crippen LogP contribution in [0.4, 0.5) is 15.5 Å². The molecule has 2 aromatic rings. The number of anilines is 2. The molecule has 46 heavy (non-hydrogen) atoms. The molecule has 2 saturated heterocycles. The second kappa shape index (κ2) is 14.4. The molecule has 0 radical (unpaired) electrons. The first-order valence-corrected chi connectivity index (χ1v) is 16.9. The minimum atomic E-state index is -0.995. The predicted molar refractivity (Wildman–Crippen MR) is 192 cm³/mol. The number of morpholine rings is 1. The summed E-state index contributed by atoms with van der Waals surface area (Å²) >= 11 is 1.39. The Morgan fingerprint density at radius 2 is 1.76 bits per heavy atom. The number of thiophene rings is 1. The summed E-state index contributed by atoms with van der Waals surface area (Å²) in [6.07, 6.45) is 6.43. The van der Waals surface area contributed by atoms with Gasteiger partial charge in [0.15, 0.2) is 0 Å². The number of hydrogen-bond donors (Lipinski definition) is 3. The van der Waals surface area contributed by atoms with Gasteiger partial charge in [0.2, 0.25) is 5.91 Å². The Morgan fingerprint density at radius 1 is 1.07 bits per heavy atom. The van der Waals surface area contributed by atoms with Gasteiger partial charge in [0.1, 0.15) is 10.5 Å². The molecule has 1 aromatic heterocycles. The fraction of sp³-hybridized carbons (Fsp3) is 0.514. The number of carbonyl (C=O) groups is 3. The van der Waals surface area contributed by atoms with E-state index in [2.05, 4.69) is 53.8 Å². The first kappa shape index (κ1) is 35.2. The number of nitrogens with zero attached hydrogens (tertiary/aromatic N) is 3. The highest BCUT2D eigenvalue weighted by molar-refractivity contribution is 7.16. The number of allylic oxidation sites excluding steroid dienone is 2. The zero-order chi connectivity index (χ0) is 33.8. The minimum absolute atomic E-state index is 0. The molecule has 5 rings (SSSR count). The van der Waals surface area contributed by atoms with Crippen LogP contribution in [0.2, 0.25) is 0 Å². The summed E-state index contributed by atoms with van der Waals surface area (Å²) in [5.74, 6) is -0.379. The summed E-state index contributed by atoms with van der Waals surface area (Å²) in [6.45, 7) is 19.9. The van der Waals surface area contributed by atoms with Gasteiger partial charge in [-0.25, -0.2) is 4.79 Å². The van der Waals surface area contributed by atoms with Gasteiger partial charge in [-0.15, -0.1) is 11.3 Å². The fourth-order valence-electron chi connectivity index (χ4n) is 5.73. The van der Waals surface area contributed by atoms with E-state index in [1.807, 2.05) is 51.2 Å². The number of carbonyl (C=O) groups excluding carboxylic acids is 3. The maximum atomic E-state index is 13.9. The van der Waals surface area contributed by atoms with Crippen molar-refractivity contribution < 1.29 is 22.0 Å². The van der Waals surface area contributed by atoms with Crippen molar-refractivity contribution in [3.05, 3.63) is 64.2 Å². The molecule has 0 saturated carbocycles. The maximum Gasteiger partial charge on any atom is 0.324 e. The number of dihydropyridines is 1. The Morgan fingerprint density at radius 3 is 2.39 bits per heavy atom. The summed E-state index contributed by atoms with van der Waals surface area (Å²) in [5, 5.41) is 9.85. The minimum Gasteiger partial charge on any atom is -0.379 e. The molecular weight excluding hydrogens is 600 g/mol. The van der Waals surface area contributed by atoms with Crippen molar-refractivity contribution in [1.82, 2.24) is 20.0 Å². The van der Waals surface area contributed by atoms with Crippen LogP contribution >= 0.6 is 11.3 Å². The molecule has 4 amide bonds. The van der Waals surface area contributed by atoms with Gasteiger partial charge in [0.05, 0.1) is 24.9 Å². The predicted octanol–water partition coefficient (Wildman–Crippen LogP) is 6.37. The summed E-state index contributed by atoms with van der Waals surface area (Å²) in [6, 6.07) is 7.22. The lowest BCUT2D eigenvalue weighted by molar-refractivity contribution is -0.144. The standard InChI is InChI=1S/C33H44N6O4S.C2H6.2H2/c1-21-8-10-23(18-24(21)22-9-11-27(34-20-22)38-14-16-43-17-15-38)35-31(42)36-28-25(19-26(44-28)32(2,3)4)29(40)39-13-12-37(7)30(41)33(39,5)6;1-2;;/h8-11,18-20,27,34H,12-17H2,1-7H3,(H2,35,36,42);1-2H3;2*1H. The van der Waals surface area contributed by atoms with E-state index in [1.165, 1.54) is 11.3 Å². The van der Waals surface area contributed by atoms with Crippen molar-refractivity contribution in [1.29, 1.82) is 0 Å². The summed E-state index contributed by atoms with van der Waals surface area (Å²) < 4.78 is 5.48. The first-order chi connectivity index (χ1) is 21.8. The van der Waals surface area contributed by atoms with E-state index in [1.54, 1.807) is 30.7 Å². The molecular formula is C35H54N6O4S. The first-order valence-electron chi connectivity index (χ1n) is 16.1. The molecule has 0 bridgehead atoms. The van der Waals surface area contributed by atoms with Crippen LogP contribution in [-0.2, 0) is 14.9 Å². The average molecular weight is 655 g/mol. The van der Waals surface area contributed by atoms with E-state index in [9.17, 15) is 14.4 Å². The normalized spacial score (nSPS) is 19.9. The maximum absolute atomic E-state index is 13.9. The molecule has 2 fully saturated rings. The highest BCUT2D eigenvalue weighted by Gasteiger charge is 2.44. The topological polar surface area (TPSA) is 106 Å². The monoisotopic (exact) mass is 654 g/mol. The summed E-state index contributed by atoms with van der Waals surface area (Å²) in [5.41, 5.74) is 2.93. The van der Waals surface area contributed by atoms with Crippen molar-refractivity contribution in [2.45, 2.75) is 72.5 Å². The number of likely N-dealkylation sites (N-methyl/N-ethyl adjacent to an activating group) is 1. The second-order valence-corrected chi connectivity index (χ2v) is 14.2.